The number of carbonyl (C=O) groups is 1. The van der Waals surface area contributed by atoms with Gasteiger partial charge < -0.3 is 9.84 Å². The van der Waals surface area contributed by atoms with Gasteiger partial charge in [0.2, 0.25) is 11.8 Å². The molecule has 3 aromatic heterocycles. The second kappa shape index (κ2) is 6.80. The summed E-state index contributed by atoms with van der Waals surface area (Å²) in [5, 5.41) is 11.3. The van der Waals surface area contributed by atoms with E-state index in [2.05, 4.69) is 41.5 Å². The van der Waals surface area contributed by atoms with Crippen molar-refractivity contribution in [2.75, 3.05) is 0 Å². The Labute approximate surface area is 169 Å². The molecule has 3 aromatic rings. The van der Waals surface area contributed by atoms with E-state index in [4.69, 9.17) is 4.52 Å². The molecule has 0 bridgehead atoms. The lowest BCUT2D eigenvalue weighted by Gasteiger charge is -2.22. The second-order valence-corrected chi connectivity index (χ2v) is 8.89. The van der Waals surface area contributed by atoms with Gasteiger partial charge in [-0.25, -0.2) is 9.67 Å². The highest BCUT2D eigenvalue weighted by Crippen LogP contribution is 2.24. The maximum absolute atomic E-state index is 12.7. The van der Waals surface area contributed by atoms with Crippen molar-refractivity contribution >= 4 is 32.9 Å². The topological polar surface area (TPSA) is 121 Å². The number of aromatic nitrogens is 6. The van der Waals surface area contributed by atoms with Crippen molar-refractivity contribution < 1.29 is 9.32 Å². The molecule has 1 amide bonds. The monoisotopic (exact) mass is 451 g/mol. The van der Waals surface area contributed by atoms with Crippen molar-refractivity contribution in [2.45, 2.75) is 52.1 Å². The first kappa shape index (κ1) is 20.2. The molecule has 28 heavy (non-hydrogen) atoms. The van der Waals surface area contributed by atoms with Crippen LogP contribution in [0.2, 0.25) is 0 Å². The molecule has 3 rings (SSSR count). The Morgan fingerprint density at radius 2 is 1.96 bits per heavy atom. The van der Waals surface area contributed by atoms with Crippen LogP contribution in [0, 0.1) is 0 Å². The number of hydrogen-bond acceptors (Lipinski definition) is 7. The molecule has 10 nitrogen and oxygen atoms in total. The smallest absolute Gasteiger partial charge is 0.266 e. The van der Waals surface area contributed by atoms with E-state index in [1.165, 1.54) is 15.6 Å². The van der Waals surface area contributed by atoms with E-state index in [-0.39, 0.29) is 23.4 Å². The zero-order valence-corrected chi connectivity index (χ0v) is 18.2. The molecule has 0 aliphatic carbocycles. The van der Waals surface area contributed by atoms with Gasteiger partial charge >= 0.3 is 0 Å². The van der Waals surface area contributed by atoms with Gasteiger partial charge in [0.25, 0.3) is 5.56 Å². The molecule has 0 saturated heterocycles. The number of carbonyl (C=O) groups excluding carboxylic acids is 1. The summed E-state index contributed by atoms with van der Waals surface area (Å²) in [7, 11) is 1.69. The fraction of sp³-hybridized carbons (Fsp3) is 0.529. The minimum absolute atomic E-state index is 0.198. The van der Waals surface area contributed by atoms with Crippen LogP contribution in [0.15, 0.2) is 20.2 Å². The van der Waals surface area contributed by atoms with Crippen LogP contribution in [0.5, 0.6) is 0 Å². The quantitative estimate of drug-likeness (QED) is 0.639. The average molecular weight is 452 g/mol. The number of nitrogens with one attached hydrogen (secondary N) is 1. The zero-order valence-electron chi connectivity index (χ0n) is 16.6. The molecule has 0 aromatic carbocycles. The molecule has 0 atom stereocenters. The van der Waals surface area contributed by atoms with Gasteiger partial charge in [-0.1, -0.05) is 25.9 Å². The molecule has 11 heteroatoms. The van der Waals surface area contributed by atoms with E-state index in [1.807, 2.05) is 20.8 Å². The van der Waals surface area contributed by atoms with Crippen LogP contribution in [0.3, 0.4) is 0 Å². The van der Waals surface area contributed by atoms with Crippen LogP contribution in [0.25, 0.3) is 11.0 Å². The third kappa shape index (κ3) is 3.71. The van der Waals surface area contributed by atoms with Gasteiger partial charge in [-0.15, -0.1) is 0 Å². The van der Waals surface area contributed by atoms with Crippen LogP contribution < -0.4 is 10.9 Å². The zero-order chi connectivity index (χ0) is 20.9. The third-order valence-corrected chi connectivity index (χ3v) is 4.72. The van der Waals surface area contributed by atoms with E-state index in [1.54, 1.807) is 20.9 Å². The van der Waals surface area contributed by atoms with Crippen LogP contribution in [-0.2, 0) is 29.3 Å². The predicted molar refractivity (Wildman–Crippen MR) is 105 cm³/mol. The molecule has 0 spiro atoms. The number of halogens is 1. The Balaban J connectivity index is 1.81. The standard InChI is InChI=1S/C17H22BrN7O3/c1-16(2,3)15-20-14(23-28-15)17(4,5)21-9(26)7-25-8-19-12-10(13(25)27)11(18)22-24(12)6/h8H,7H2,1-6H3,(H,21,26). The van der Waals surface area contributed by atoms with Gasteiger partial charge in [0.1, 0.15) is 22.9 Å². The summed E-state index contributed by atoms with van der Waals surface area (Å²) >= 11 is 3.25. The van der Waals surface area contributed by atoms with Crippen LogP contribution in [0.1, 0.15) is 46.3 Å². The molecule has 0 saturated carbocycles. The normalized spacial score (nSPS) is 12.5. The highest BCUT2D eigenvalue weighted by atomic mass is 79.9. The summed E-state index contributed by atoms with van der Waals surface area (Å²) in [6.07, 6.45) is 1.33. The van der Waals surface area contributed by atoms with Gasteiger partial charge in [-0.05, 0) is 29.8 Å². The molecule has 0 aliphatic heterocycles. The minimum Gasteiger partial charge on any atom is -0.342 e. The summed E-state index contributed by atoms with van der Waals surface area (Å²) in [5.41, 5.74) is -1.08. The van der Waals surface area contributed by atoms with Crippen molar-refractivity contribution in [3.05, 3.63) is 33.0 Å². The van der Waals surface area contributed by atoms with Crippen molar-refractivity contribution in [1.82, 2.24) is 34.8 Å². The van der Waals surface area contributed by atoms with E-state index in [0.717, 1.165) is 0 Å². The predicted octanol–water partition coefficient (Wildman–Crippen LogP) is 1.62. The molecule has 150 valence electrons. The lowest BCUT2D eigenvalue weighted by molar-refractivity contribution is -0.123. The van der Waals surface area contributed by atoms with E-state index < -0.39 is 5.54 Å². The maximum Gasteiger partial charge on any atom is 0.266 e. The highest BCUT2D eigenvalue weighted by Gasteiger charge is 2.31. The second-order valence-electron chi connectivity index (χ2n) is 8.14. The Kier molecular flexibility index (Phi) is 4.90. The van der Waals surface area contributed by atoms with Crippen molar-refractivity contribution in [1.29, 1.82) is 0 Å². The minimum atomic E-state index is -0.875. The largest absolute Gasteiger partial charge is 0.342 e. The van der Waals surface area contributed by atoms with Crippen molar-refractivity contribution in [3.63, 3.8) is 0 Å². The van der Waals surface area contributed by atoms with Crippen molar-refractivity contribution in [2.24, 2.45) is 7.05 Å². The summed E-state index contributed by atoms with van der Waals surface area (Å²) in [4.78, 5) is 33.8. The van der Waals surface area contributed by atoms with Gasteiger partial charge in [-0.2, -0.15) is 10.1 Å². The van der Waals surface area contributed by atoms with Crippen molar-refractivity contribution in [3.8, 4) is 0 Å². The van der Waals surface area contributed by atoms with Gasteiger partial charge in [0, 0.05) is 12.5 Å². The van der Waals surface area contributed by atoms with Crippen LogP contribution >= 0.6 is 15.9 Å². The van der Waals surface area contributed by atoms with Gasteiger partial charge in [0.15, 0.2) is 11.5 Å². The molecular formula is C17H22BrN7O3. The molecule has 0 aliphatic rings. The van der Waals surface area contributed by atoms with Gasteiger partial charge in [0.05, 0.1) is 5.54 Å². The summed E-state index contributed by atoms with van der Waals surface area (Å²) < 4.78 is 8.42. The lowest BCUT2D eigenvalue weighted by atomic mass is 9.97. The number of hydrogen-bond donors (Lipinski definition) is 1. The molecule has 0 fully saturated rings. The first-order valence-corrected chi connectivity index (χ1v) is 9.43. The van der Waals surface area contributed by atoms with E-state index in [0.29, 0.717) is 27.4 Å². The Morgan fingerprint density at radius 3 is 2.57 bits per heavy atom. The fourth-order valence-corrected chi connectivity index (χ4v) is 3.21. The molecule has 0 radical (unpaired) electrons. The summed E-state index contributed by atoms with van der Waals surface area (Å²) in [5.74, 6) is 0.467. The summed E-state index contributed by atoms with van der Waals surface area (Å²) in [6, 6.07) is 0. The van der Waals surface area contributed by atoms with Crippen LogP contribution in [-0.4, -0.2) is 35.4 Å². The maximum atomic E-state index is 12.7. The highest BCUT2D eigenvalue weighted by molar-refractivity contribution is 9.10. The number of amides is 1. The Hall–Kier alpha value is -2.56. The SMILES string of the molecule is Cn1nc(Br)c2c(=O)n(CC(=O)NC(C)(C)c3noc(C(C)(C)C)n3)cnc21. The molecule has 0 unspecified atom stereocenters. The number of aryl methyl sites for hydroxylation is 1. The van der Waals surface area contributed by atoms with E-state index in [9.17, 15) is 9.59 Å². The average Bonchev–Trinajstić information content (AvgIpc) is 3.15. The Bertz CT molecular complexity index is 1100. The summed E-state index contributed by atoms with van der Waals surface area (Å²) in [6.45, 7) is 9.22. The first-order valence-electron chi connectivity index (χ1n) is 8.63. The van der Waals surface area contributed by atoms with Gasteiger partial charge in [-0.3, -0.25) is 14.2 Å². The Morgan fingerprint density at radius 1 is 1.29 bits per heavy atom. The number of rotatable bonds is 4. The number of nitrogens with zero attached hydrogens (tertiary/aromatic N) is 6. The molecule has 1 N–H and O–H groups in total. The van der Waals surface area contributed by atoms with E-state index >= 15 is 0 Å². The van der Waals surface area contributed by atoms with Crippen LogP contribution in [0.4, 0.5) is 0 Å². The third-order valence-electron chi connectivity index (χ3n) is 4.16. The first-order chi connectivity index (χ1) is 12.9. The number of fused-ring (bicyclic) bond motifs is 1. The fourth-order valence-electron chi connectivity index (χ4n) is 2.63. The molecule has 3 heterocycles. The molecular weight excluding hydrogens is 430 g/mol. The lowest BCUT2D eigenvalue weighted by Crippen LogP contribution is -2.44.